The lowest BCUT2D eigenvalue weighted by Gasteiger charge is -2.08. The number of carbonyl (C=O) groups is 1. The standard InChI is InChI=1S/C16H15F2NO2S/c1-11-4-2-3-5-12(11)9-22(21)10-16(20)19-15-7-6-13(17)8-14(15)18/h2-8H,9-10H2,1H3,(H,19,20). The maximum atomic E-state index is 13.4. The number of carbonyl (C=O) groups excluding carboxylic acids is 1. The van der Waals surface area contributed by atoms with Crippen LogP contribution < -0.4 is 5.32 Å². The van der Waals surface area contributed by atoms with E-state index < -0.39 is 28.3 Å². The third-order valence-corrected chi connectivity index (χ3v) is 4.29. The Morgan fingerprint density at radius 2 is 1.91 bits per heavy atom. The summed E-state index contributed by atoms with van der Waals surface area (Å²) >= 11 is 0. The van der Waals surface area contributed by atoms with Gasteiger partial charge in [-0.1, -0.05) is 24.3 Å². The lowest BCUT2D eigenvalue weighted by atomic mass is 10.1. The number of nitrogens with one attached hydrogen (secondary N) is 1. The van der Waals surface area contributed by atoms with Crippen molar-refractivity contribution < 1.29 is 17.8 Å². The number of hydrogen-bond donors (Lipinski definition) is 1. The van der Waals surface area contributed by atoms with Crippen LogP contribution in [0.15, 0.2) is 42.5 Å². The quantitative estimate of drug-likeness (QED) is 0.919. The van der Waals surface area contributed by atoms with Gasteiger partial charge < -0.3 is 5.32 Å². The monoisotopic (exact) mass is 323 g/mol. The number of anilines is 1. The van der Waals surface area contributed by atoms with Crippen molar-refractivity contribution >= 4 is 22.4 Å². The first-order chi connectivity index (χ1) is 10.5. The summed E-state index contributed by atoms with van der Waals surface area (Å²) in [6, 6.07) is 10.3. The summed E-state index contributed by atoms with van der Waals surface area (Å²) in [4.78, 5) is 11.8. The maximum Gasteiger partial charge on any atom is 0.237 e. The Morgan fingerprint density at radius 1 is 1.18 bits per heavy atom. The fourth-order valence-corrected chi connectivity index (χ4v) is 3.06. The summed E-state index contributed by atoms with van der Waals surface area (Å²) in [5.41, 5.74) is 1.78. The Morgan fingerprint density at radius 3 is 2.59 bits per heavy atom. The predicted molar refractivity (Wildman–Crippen MR) is 82.9 cm³/mol. The first kappa shape index (κ1) is 16.3. The highest BCUT2D eigenvalue weighted by molar-refractivity contribution is 7.84. The molecule has 3 nitrogen and oxygen atoms in total. The largest absolute Gasteiger partial charge is 0.323 e. The molecule has 0 fully saturated rings. The Hall–Kier alpha value is -2.08. The predicted octanol–water partition coefficient (Wildman–Crippen LogP) is 3.16. The fourth-order valence-electron chi connectivity index (χ4n) is 1.92. The van der Waals surface area contributed by atoms with Crippen molar-refractivity contribution in [2.24, 2.45) is 0 Å². The van der Waals surface area contributed by atoms with E-state index in [-0.39, 0.29) is 17.2 Å². The van der Waals surface area contributed by atoms with Gasteiger partial charge in [-0.2, -0.15) is 0 Å². The molecular weight excluding hydrogens is 308 g/mol. The zero-order valence-electron chi connectivity index (χ0n) is 11.9. The number of halogens is 2. The summed E-state index contributed by atoms with van der Waals surface area (Å²) in [5, 5.41) is 2.30. The molecule has 0 radical (unpaired) electrons. The molecule has 0 aliphatic rings. The number of aryl methyl sites for hydroxylation is 1. The number of hydrogen-bond acceptors (Lipinski definition) is 2. The summed E-state index contributed by atoms with van der Waals surface area (Å²) in [7, 11) is -1.40. The lowest BCUT2D eigenvalue weighted by molar-refractivity contribution is -0.113. The van der Waals surface area contributed by atoms with Gasteiger partial charge in [0.25, 0.3) is 0 Å². The van der Waals surface area contributed by atoms with E-state index in [1.54, 1.807) is 0 Å². The molecule has 2 aromatic rings. The molecule has 2 rings (SSSR count). The summed E-state index contributed by atoms with van der Waals surface area (Å²) in [6.45, 7) is 1.90. The second-order valence-electron chi connectivity index (χ2n) is 4.83. The fraction of sp³-hybridized carbons (Fsp3) is 0.188. The van der Waals surface area contributed by atoms with Crippen LogP contribution in [0.5, 0.6) is 0 Å². The van der Waals surface area contributed by atoms with Gasteiger partial charge in [0, 0.05) is 22.6 Å². The van der Waals surface area contributed by atoms with E-state index in [9.17, 15) is 17.8 Å². The van der Waals surface area contributed by atoms with Crippen LogP contribution in [-0.2, 0) is 21.3 Å². The summed E-state index contributed by atoms with van der Waals surface area (Å²) in [5.74, 6) is -2.15. The van der Waals surface area contributed by atoms with Crippen LogP contribution in [0.3, 0.4) is 0 Å². The molecule has 0 bridgehead atoms. The highest BCUT2D eigenvalue weighted by Gasteiger charge is 2.12. The number of amides is 1. The zero-order chi connectivity index (χ0) is 16.1. The van der Waals surface area contributed by atoms with Crippen molar-refractivity contribution in [1.29, 1.82) is 0 Å². The smallest absolute Gasteiger partial charge is 0.237 e. The van der Waals surface area contributed by atoms with E-state index in [0.29, 0.717) is 6.07 Å². The molecule has 2 aromatic carbocycles. The van der Waals surface area contributed by atoms with Crippen molar-refractivity contribution in [3.8, 4) is 0 Å². The van der Waals surface area contributed by atoms with Crippen molar-refractivity contribution in [2.75, 3.05) is 11.1 Å². The van der Waals surface area contributed by atoms with Gasteiger partial charge in [0.05, 0.1) is 5.69 Å². The molecule has 0 heterocycles. The molecule has 116 valence electrons. The first-order valence-corrected chi connectivity index (χ1v) is 8.09. The van der Waals surface area contributed by atoms with Crippen LogP contribution in [0.4, 0.5) is 14.5 Å². The van der Waals surface area contributed by atoms with E-state index in [2.05, 4.69) is 5.32 Å². The van der Waals surface area contributed by atoms with Crippen molar-refractivity contribution in [3.05, 3.63) is 65.2 Å². The van der Waals surface area contributed by atoms with Crippen molar-refractivity contribution in [3.63, 3.8) is 0 Å². The molecule has 0 saturated carbocycles. The number of benzene rings is 2. The topological polar surface area (TPSA) is 46.2 Å². The molecule has 0 aromatic heterocycles. The molecule has 0 saturated heterocycles. The van der Waals surface area contributed by atoms with Crippen molar-refractivity contribution in [2.45, 2.75) is 12.7 Å². The minimum Gasteiger partial charge on any atom is -0.323 e. The molecule has 0 spiro atoms. The lowest BCUT2D eigenvalue weighted by Crippen LogP contribution is -2.21. The molecule has 22 heavy (non-hydrogen) atoms. The van der Waals surface area contributed by atoms with Crippen LogP contribution in [0.1, 0.15) is 11.1 Å². The van der Waals surface area contributed by atoms with Crippen LogP contribution in [0.25, 0.3) is 0 Å². The number of rotatable bonds is 5. The molecule has 1 N–H and O–H groups in total. The van der Waals surface area contributed by atoms with E-state index in [1.165, 1.54) is 0 Å². The van der Waals surface area contributed by atoms with E-state index in [4.69, 9.17) is 0 Å². The third kappa shape index (κ3) is 4.46. The zero-order valence-corrected chi connectivity index (χ0v) is 12.8. The van der Waals surface area contributed by atoms with Gasteiger partial charge in [-0.25, -0.2) is 8.78 Å². The molecule has 0 aliphatic carbocycles. The second kappa shape index (κ2) is 7.26. The molecule has 1 amide bonds. The average molecular weight is 323 g/mol. The van der Waals surface area contributed by atoms with Gasteiger partial charge >= 0.3 is 0 Å². The molecular formula is C16H15F2NO2S. The Kier molecular flexibility index (Phi) is 5.38. The maximum absolute atomic E-state index is 13.4. The highest BCUT2D eigenvalue weighted by atomic mass is 32.2. The van der Waals surface area contributed by atoms with Gasteiger partial charge in [-0.15, -0.1) is 0 Å². The normalized spacial score (nSPS) is 12.0. The van der Waals surface area contributed by atoms with E-state index >= 15 is 0 Å². The van der Waals surface area contributed by atoms with Gasteiger partial charge in [0.2, 0.25) is 5.91 Å². The van der Waals surface area contributed by atoms with E-state index in [1.807, 2.05) is 31.2 Å². The van der Waals surface area contributed by atoms with Gasteiger partial charge in [0.1, 0.15) is 17.4 Å². The minimum absolute atomic E-state index is 0.126. The van der Waals surface area contributed by atoms with Crippen LogP contribution in [0, 0.1) is 18.6 Å². The average Bonchev–Trinajstić information content (AvgIpc) is 2.44. The van der Waals surface area contributed by atoms with Gasteiger partial charge in [0.15, 0.2) is 0 Å². The van der Waals surface area contributed by atoms with Crippen molar-refractivity contribution in [1.82, 2.24) is 0 Å². The van der Waals surface area contributed by atoms with Gasteiger partial charge in [-0.3, -0.25) is 9.00 Å². The summed E-state index contributed by atoms with van der Waals surface area (Å²) < 4.78 is 38.2. The molecule has 6 heteroatoms. The van der Waals surface area contributed by atoms with Crippen LogP contribution in [-0.4, -0.2) is 15.9 Å². The second-order valence-corrected chi connectivity index (χ2v) is 6.28. The molecule has 0 aliphatic heterocycles. The van der Waals surface area contributed by atoms with Gasteiger partial charge in [-0.05, 0) is 30.2 Å². The third-order valence-electron chi connectivity index (χ3n) is 3.08. The van der Waals surface area contributed by atoms with Crippen LogP contribution >= 0.6 is 0 Å². The Balaban J connectivity index is 1.94. The summed E-state index contributed by atoms with van der Waals surface area (Å²) in [6.07, 6.45) is 0. The Labute approximate surface area is 129 Å². The Bertz CT molecular complexity index is 719. The highest BCUT2D eigenvalue weighted by Crippen LogP contribution is 2.15. The van der Waals surface area contributed by atoms with Crippen LogP contribution in [0.2, 0.25) is 0 Å². The molecule has 1 atom stereocenters. The van der Waals surface area contributed by atoms with E-state index in [0.717, 1.165) is 23.3 Å². The first-order valence-electron chi connectivity index (χ1n) is 6.60. The molecule has 1 unspecified atom stereocenters. The SMILES string of the molecule is Cc1ccccc1CS(=O)CC(=O)Nc1ccc(F)cc1F. The minimum atomic E-state index is -1.40.